The highest BCUT2D eigenvalue weighted by Crippen LogP contribution is 2.10. The fraction of sp³-hybridized carbons (Fsp3) is 0.625. The molecular formula is C8H13NO6S. The molecule has 8 heteroatoms. The quantitative estimate of drug-likeness (QED) is 0.356. The smallest absolute Gasteiger partial charge is 0.345 e. The number of carboxylic acid groups (broad SMARTS) is 2. The summed E-state index contributed by atoms with van der Waals surface area (Å²) < 4.78 is 0. The minimum absolute atomic E-state index is 0.226. The lowest BCUT2D eigenvalue weighted by Crippen LogP contribution is -2.52. The molecule has 4 N–H and O–H groups in total. The van der Waals surface area contributed by atoms with Gasteiger partial charge in [-0.25, -0.2) is 4.79 Å². The molecule has 0 bridgehead atoms. The Balaban J connectivity index is 4.24. The fourth-order valence-corrected chi connectivity index (χ4v) is 1.24. The van der Waals surface area contributed by atoms with E-state index in [0.717, 1.165) is 18.7 Å². The van der Waals surface area contributed by atoms with E-state index in [0.29, 0.717) is 0 Å². The fourth-order valence-electron chi connectivity index (χ4n) is 0.660. The number of carbonyl (C=O) groups excluding carboxylic acids is 1. The highest BCUT2D eigenvalue weighted by molar-refractivity contribution is 8.00. The van der Waals surface area contributed by atoms with Crippen LogP contribution in [0.25, 0.3) is 0 Å². The molecule has 0 aliphatic rings. The van der Waals surface area contributed by atoms with Crippen molar-refractivity contribution in [3.8, 4) is 0 Å². The van der Waals surface area contributed by atoms with Crippen molar-refractivity contribution in [2.24, 2.45) is 0 Å². The van der Waals surface area contributed by atoms with Gasteiger partial charge in [0.2, 0.25) is 5.60 Å². The van der Waals surface area contributed by atoms with Gasteiger partial charge in [0.15, 0.2) is 0 Å². The van der Waals surface area contributed by atoms with Gasteiger partial charge in [-0.1, -0.05) is 0 Å². The molecule has 2 unspecified atom stereocenters. The number of aliphatic hydroxyl groups is 1. The second-order valence-corrected chi connectivity index (χ2v) is 4.53. The topological polar surface area (TPSA) is 124 Å². The zero-order chi connectivity index (χ0) is 12.9. The van der Waals surface area contributed by atoms with Gasteiger partial charge in [-0.3, -0.25) is 9.59 Å². The number of hydrogen-bond donors (Lipinski definition) is 4. The maximum Gasteiger partial charge on any atom is 0.345 e. The molecule has 0 rings (SSSR count). The van der Waals surface area contributed by atoms with E-state index in [4.69, 9.17) is 10.2 Å². The van der Waals surface area contributed by atoms with E-state index < -0.39 is 28.8 Å². The highest BCUT2D eigenvalue weighted by Gasteiger charge is 2.39. The first kappa shape index (κ1) is 14.7. The average Bonchev–Trinajstić information content (AvgIpc) is 2.14. The van der Waals surface area contributed by atoms with Crippen LogP contribution in [-0.2, 0) is 14.4 Å². The van der Waals surface area contributed by atoms with Crippen molar-refractivity contribution in [2.75, 3.05) is 5.75 Å². The minimum Gasteiger partial charge on any atom is -0.481 e. The molecule has 0 aromatic heterocycles. The Hall–Kier alpha value is -1.28. The predicted octanol–water partition coefficient (Wildman–Crippen LogP) is -0.898. The molecule has 0 spiro atoms. The maximum absolute atomic E-state index is 11.3. The molecule has 0 aliphatic heterocycles. The Labute approximate surface area is 95.8 Å². The number of rotatable bonds is 6. The number of thioether (sulfide) groups is 1. The number of nitrogens with one attached hydrogen (secondary N) is 1. The van der Waals surface area contributed by atoms with E-state index in [1.54, 1.807) is 0 Å². The molecule has 92 valence electrons. The van der Waals surface area contributed by atoms with Crippen LogP contribution in [-0.4, -0.2) is 49.9 Å². The van der Waals surface area contributed by atoms with Crippen molar-refractivity contribution >= 4 is 29.6 Å². The summed E-state index contributed by atoms with van der Waals surface area (Å²) in [4.78, 5) is 32.0. The largest absolute Gasteiger partial charge is 0.481 e. The number of hydrogen-bond acceptors (Lipinski definition) is 5. The van der Waals surface area contributed by atoms with Gasteiger partial charge < -0.3 is 20.6 Å². The molecule has 7 nitrogen and oxygen atoms in total. The summed E-state index contributed by atoms with van der Waals surface area (Å²) in [7, 11) is 0. The van der Waals surface area contributed by atoms with E-state index in [1.165, 1.54) is 6.92 Å². The summed E-state index contributed by atoms with van der Waals surface area (Å²) in [6.45, 7) is 2.34. The van der Waals surface area contributed by atoms with Crippen LogP contribution in [0.3, 0.4) is 0 Å². The van der Waals surface area contributed by atoms with Gasteiger partial charge >= 0.3 is 11.9 Å². The van der Waals surface area contributed by atoms with Gasteiger partial charge in [-0.05, 0) is 13.8 Å². The molecule has 2 atom stereocenters. The van der Waals surface area contributed by atoms with Gasteiger partial charge in [-0.15, -0.1) is 11.8 Å². The predicted molar refractivity (Wildman–Crippen MR) is 56.0 cm³/mol. The van der Waals surface area contributed by atoms with Crippen molar-refractivity contribution in [3.05, 3.63) is 0 Å². The van der Waals surface area contributed by atoms with Crippen LogP contribution in [0, 0.1) is 0 Å². The molecule has 1 amide bonds. The van der Waals surface area contributed by atoms with Gasteiger partial charge in [0.05, 0.1) is 11.1 Å². The molecule has 0 heterocycles. The van der Waals surface area contributed by atoms with E-state index in [9.17, 15) is 19.5 Å². The summed E-state index contributed by atoms with van der Waals surface area (Å²) in [6, 6.07) is 0. The van der Waals surface area contributed by atoms with Crippen LogP contribution in [0.1, 0.15) is 13.8 Å². The van der Waals surface area contributed by atoms with Crippen molar-refractivity contribution in [1.82, 2.24) is 5.32 Å². The zero-order valence-electron chi connectivity index (χ0n) is 8.76. The van der Waals surface area contributed by atoms with Crippen LogP contribution in [0.2, 0.25) is 0 Å². The Morgan fingerprint density at radius 3 is 2.25 bits per heavy atom. The first-order valence-electron chi connectivity index (χ1n) is 4.28. The third-order valence-corrected chi connectivity index (χ3v) is 2.68. The maximum atomic E-state index is 11.3. The second-order valence-electron chi connectivity index (χ2n) is 3.20. The third-order valence-electron chi connectivity index (χ3n) is 1.65. The molecule has 0 aromatic carbocycles. The van der Waals surface area contributed by atoms with Gasteiger partial charge in [0.25, 0.3) is 5.91 Å². The van der Waals surface area contributed by atoms with E-state index >= 15 is 0 Å². The number of carboxylic acids is 2. The summed E-state index contributed by atoms with van der Waals surface area (Å²) in [5, 5.41) is 27.7. The van der Waals surface area contributed by atoms with Crippen LogP contribution in [0.5, 0.6) is 0 Å². The molecule has 0 radical (unpaired) electrons. The lowest BCUT2D eigenvalue weighted by molar-refractivity contribution is -0.164. The number of aliphatic carboxylic acids is 2. The third kappa shape index (κ3) is 4.49. The Morgan fingerprint density at radius 2 is 1.88 bits per heavy atom. The van der Waals surface area contributed by atoms with Gasteiger partial charge in [0, 0.05) is 0 Å². The van der Waals surface area contributed by atoms with Crippen LogP contribution in [0.15, 0.2) is 0 Å². The molecule has 16 heavy (non-hydrogen) atoms. The van der Waals surface area contributed by atoms with Gasteiger partial charge in [0.1, 0.15) is 0 Å². The normalized spacial score (nSPS) is 15.9. The molecule has 0 saturated heterocycles. The zero-order valence-corrected chi connectivity index (χ0v) is 9.58. The molecular weight excluding hydrogens is 238 g/mol. The van der Waals surface area contributed by atoms with Crippen molar-refractivity contribution in [1.29, 1.82) is 0 Å². The molecule has 0 aliphatic carbocycles. The average molecular weight is 251 g/mol. The summed E-state index contributed by atoms with van der Waals surface area (Å²) >= 11 is 0.905. The summed E-state index contributed by atoms with van der Waals surface area (Å²) in [6.07, 6.45) is 0. The van der Waals surface area contributed by atoms with E-state index in [1.807, 2.05) is 0 Å². The number of carbonyl (C=O) groups is 3. The van der Waals surface area contributed by atoms with Crippen molar-refractivity contribution in [2.45, 2.75) is 24.8 Å². The Bertz CT molecular complexity index is 303. The molecule has 0 aromatic rings. The van der Waals surface area contributed by atoms with E-state index in [-0.39, 0.29) is 5.75 Å². The summed E-state index contributed by atoms with van der Waals surface area (Å²) in [5.41, 5.74) is -2.52. The van der Waals surface area contributed by atoms with Crippen LogP contribution in [0.4, 0.5) is 0 Å². The first-order chi connectivity index (χ1) is 7.17. The lowest BCUT2D eigenvalue weighted by Gasteiger charge is -2.20. The minimum atomic E-state index is -2.52. The Kier molecular flexibility index (Phi) is 5.25. The standard InChI is InChI=1S/C8H13NO6S/c1-4(16-3-5(10)11)9-6(12)8(2,15)7(13)14/h4,15H,3H2,1-2H3,(H,9,12)(H,10,11)(H,13,14). The Morgan fingerprint density at radius 1 is 1.38 bits per heavy atom. The highest BCUT2D eigenvalue weighted by atomic mass is 32.2. The molecule has 0 fully saturated rings. The second kappa shape index (κ2) is 5.71. The van der Waals surface area contributed by atoms with Crippen molar-refractivity contribution < 1.29 is 29.7 Å². The van der Waals surface area contributed by atoms with Crippen molar-refractivity contribution in [3.63, 3.8) is 0 Å². The summed E-state index contributed by atoms with van der Waals surface area (Å²) in [5.74, 6) is -4.02. The lowest BCUT2D eigenvalue weighted by atomic mass is 10.1. The monoisotopic (exact) mass is 251 g/mol. The first-order valence-corrected chi connectivity index (χ1v) is 5.33. The van der Waals surface area contributed by atoms with Crippen LogP contribution >= 0.6 is 11.8 Å². The molecule has 0 saturated carbocycles. The number of amides is 1. The van der Waals surface area contributed by atoms with Crippen LogP contribution < -0.4 is 5.32 Å². The van der Waals surface area contributed by atoms with Gasteiger partial charge in [-0.2, -0.15) is 0 Å². The SMILES string of the molecule is CC(NC(=O)C(C)(O)C(=O)O)SCC(=O)O. The van der Waals surface area contributed by atoms with E-state index in [2.05, 4.69) is 5.32 Å².